The van der Waals surface area contributed by atoms with E-state index in [2.05, 4.69) is 0 Å². The average Bonchev–Trinajstić information content (AvgIpc) is 2.55. The molecule has 2 aromatic rings. The number of hydrogen-bond donors (Lipinski definition) is 1. The molecule has 0 radical (unpaired) electrons. The van der Waals surface area contributed by atoms with E-state index in [0.29, 0.717) is 18.2 Å². The van der Waals surface area contributed by atoms with Crippen LogP contribution in [-0.2, 0) is 11.0 Å². The minimum Gasteiger partial charge on any atom is -0.478 e. The fourth-order valence-corrected chi connectivity index (χ4v) is 2.56. The van der Waals surface area contributed by atoms with Gasteiger partial charge in [-0.25, -0.2) is 4.79 Å². The molecule has 0 unspecified atom stereocenters. The van der Waals surface area contributed by atoms with E-state index >= 15 is 0 Å². The largest absolute Gasteiger partial charge is 0.478 e. The molecule has 6 nitrogen and oxygen atoms in total. The highest BCUT2D eigenvalue weighted by molar-refractivity contribution is 6.37. The third-order valence-corrected chi connectivity index (χ3v) is 3.71. The first kappa shape index (κ1) is 20.5. The second-order valence-corrected chi connectivity index (χ2v) is 5.83. The normalized spacial score (nSPS) is 11.6. The molecule has 0 bridgehead atoms. The first-order valence-corrected chi connectivity index (χ1v) is 7.68. The Hall–Kier alpha value is -2.78. The van der Waals surface area contributed by atoms with Gasteiger partial charge in [0.15, 0.2) is 5.75 Å². The van der Waals surface area contributed by atoms with Crippen LogP contribution in [-0.4, -0.2) is 16.0 Å². The van der Waals surface area contributed by atoms with Crippen LogP contribution in [0.2, 0.25) is 10.0 Å². The minimum absolute atomic E-state index is 0.0470. The van der Waals surface area contributed by atoms with Crippen LogP contribution in [0.25, 0.3) is 6.08 Å². The Morgan fingerprint density at radius 1 is 1.19 bits per heavy atom. The number of ether oxygens (including phenoxy) is 1. The number of carboxylic acid groups (broad SMARTS) is 1. The fraction of sp³-hybridized carbons (Fsp3) is 0.0625. The first-order valence-electron chi connectivity index (χ1n) is 6.92. The second-order valence-electron chi connectivity index (χ2n) is 5.02. The van der Waals surface area contributed by atoms with Crippen LogP contribution >= 0.6 is 23.2 Å². The van der Waals surface area contributed by atoms with Crippen LogP contribution in [0.1, 0.15) is 11.1 Å². The Bertz CT molecular complexity index is 921. The Labute approximate surface area is 159 Å². The van der Waals surface area contributed by atoms with Gasteiger partial charge in [-0.15, -0.1) is 0 Å². The maximum atomic E-state index is 12.8. The highest BCUT2D eigenvalue weighted by atomic mass is 35.5. The second kappa shape index (κ2) is 7.85. The molecule has 142 valence electrons. The molecule has 2 rings (SSSR count). The van der Waals surface area contributed by atoms with Crippen molar-refractivity contribution in [2.75, 3.05) is 0 Å². The summed E-state index contributed by atoms with van der Waals surface area (Å²) in [4.78, 5) is 20.9. The quantitative estimate of drug-likeness (QED) is 0.373. The van der Waals surface area contributed by atoms with Crippen LogP contribution in [0.15, 0.2) is 36.4 Å². The molecule has 27 heavy (non-hydrogen) atoms. The summed E-state index contributed by atoms with van der Waals surface area (Å²) in [5.41, 5.74) is -1.57. The molecule has 0 fully saturated rings. The van der Waals surface area contributed by atoms with Crippen LogP contribution in [0.3, 0.4) is 0 Å². The molecule has 11 heteroatoms. The molecule has 0 aliphatic rings. The lowest BCUT2D eigenvalue weighted by molar-refractivity contribution is -0.385. The fourth-order valence-electron chi connectivity index (χ4n) is 2.00. The molecule has 0 spiro atoms. The number of carbonyl (C=O) groups is 1. The molecule has 2 aromatic carbocycles. The SMILES string of the molecule is O=C(O)C=Cc1cc(Oc2c(Cl)cc(C(F)(F)F)cc2Cl)ccc1[N+](=O)[O-]. The van der Waals surface area contributed by atoms with Crippen molar-refractivity contribution in [1.29, 1.82) is 0 Å². The number of rotatable bonds is 5. The lowest BCUT2D eigenvalue weighted by Gasteiger charge is -2.13. The zero-order chi connectivity index (χ0) is 20.4. The summed E-state index contributed by atoms with van der Waals surface area (Å²) in [7, 11) is 0. The Kier molecular flexibility index (Phi) is 5.97. The number of alkyl halides is 3. The van der Waals surface area contributed by atoms with Gasteiger partial charge in [-0.2, -0.15) is 13.2 Å². The molecule has 0 saturated heterocycles. The van der Waals surface area contributed by atoms with E-state index in [0.717, 1.165) is 18.2 Å². The zero-order valence-corrected chi connectivity index (χ0v) is 14.5. The highest BCUT2D eigenvalue weighted by Gasteiger charge is 2.32. The zero-order valence-electron chi connectivity index (χ0n) is 13.0. The number of hydrogen-bond acceptors (Lipinski definition) is 4. The molecule has 0 amide bonds. The third-order valence-electron chi connectivity index (χ3n) is 3.15. The summed E-state index contributed by atoms with van der Waals surface area (Å²) in [6.07, 6.45) is -3.00. The van der Waals surface area contributed by atoms with Gasteiger partial charge in [-0.3, -0.25) is 10.1 Å². The van der Waals surface area contributed by atoms with Gasteiger partial charge in [-0.1, -0.05) is 23.2 Å². The van der Waals surface area contributed by atoms with Gasteiger partial charge in [0.05, 0.1) is 26.1 Å². The summed E-state index contributed by atoms with van der Waals surface area (Å²) < 4.78 is 43.6. The van der Waals surface area contributed by atoms with Crippen LogP contribution in [0, 0.1) is 10.1 Å². The third kappa shape index (κ3) is 5.11. The molecule has 0 heterocycles. The molecular weight excluding hydrogens is 414 g/mol. The number of halogens is 5. The number of nitro benzene ring substituents is 1. The van der Waals surface area contributed by atoms with Crippen LogP contribution in [0.4, 0.5) is 18.9 Å². The molecule has 0 aliphatic carbocycles. The summed E-state index contributed by atoms with van der Waals surface area (Å²) >= 11 is 11.6. The Morgan fingerprint density at radius 2 is 1.78 bits per heavy atom. The van der Waals surface area contributed by atoms with E-state index in [1.807, 2.05) is 0 Å². The molecule has 1 N–H and O–H groups in total. The monoisotopic (exact) mass is 421 g/mol. The molecule has 0 atom stereocenters. The van der Waals surface area contributed by atoms with Crippen molar-refractivity contribution in [3.63, 3.8) is 0 Å². The summed E-state index contributed by atoms with van der Waals surface area (Å²) in [5, 5.41) is 18.8. The number of carboxylic acids is 1. The Morgan fingerprint density at radius 3 is 2.26 bits per heavy atom. The van der Waals surface area contributed by atoms with Gasteiger partial charge < -0.3 is 9.84 Å². The number of nitro groups is 1. The maximum absolute atomic E-state index is 12.8. The van der Waals surface area contributed by atoms with Crippen LogP contribution < -0.4 is 4.74 Å². The van der Waals surface area contributed by atoms with Crippen molar-refractivity contribution in [3.8, 4) is 11.5 Å². The van der Waals surface area contributed by atoms with Crippen molar-refractivity contribution in [3.05, 3.63) is 67.7 Å². The Balaban J connectivity index is 2.45. The smallest absolute Gasteiger partial charge is 0.416 e. The maximum Gasteiger partial charge on any atom is 0.416 e. The van der Waals surface area contributed by atoms with Gasteiger partial charge in [0, 0.05) is 12.1 Å². The van der Waals surface area contributed by atoms with Gasteiger partial charge in [-0.05, 0) is 30.3 Å². The number of aliphatic carboxylic acids is 1. The summed E-state index contributed by atoms with van der Waals surface area (Å²) in [6, 6.07) is 4.59. The van der Waals surface area contributed by atoms with Crippen molar-refractivity contribution in [1.82, 2.24) is 0 Å². The van der Waals surface area contributed by atoms with Crippen molar-refractivity contribution in [2.45, 2.75) is 6.18 Å². The van der Waals surface area contributed by atoms with Crippen molar-refractivity contribution < 1.29 is 32.7 Å². The van der Waals surface area contributed by atoms with Gasteiger partial charge in [0.1, 0.15) is 5.75 Å². The number of benzene rings is 2. The molecule has 0 saturated carbocycles. The molecule has 0 aromatic heterocycles. The predicted octanol–water partition coefficient (Wildman–Crippen LogP) is 5.81. The van der Waals surface area contributed by atoms with E-state index in [-0.39, 0.29) is 17.1 Å². The lowest BCUT2D eigenvalue weighted by atomic mass is 10.1. The topological polar surface area (TPSA) is 89.7 Å². The molecular formula is C16H8Cl2F3NO5. The van der Waals surface area contributed by atoms with Gasteiger partial charge in [0.2, 0.25) is 0 Å². The van der Waals surface area contributed by atoms with E-state index in [1.165, 1.54) is 6.07 Å². The average molecular weight is 422 g/mol. The number of nitrogens with zero attached hydrogens (tertiary/aromatic N) is 1. The standard InChI is InChI=1S/C16H8Cl2F3NO5/c17-11-6-9(16(19,20)21)7-12(18)15(11)27-10-2-3-13(22(25)26)8(5-10)1-4-14(23)24/h1-7H,(H,23,24). The van der Waals surface area contributed by atoms with Crippen LogP contribution in [0.5, 0.6) is 11.5 Å². The lowest BCUT2D eigenvalue weighted by Crippen LogP contribution is -2.05. The highest BCUT2D eigenvalue weighted by Crippen LogP contribution is 2.42. The van der Waals surface area contributed by atoms with E-state index < -0.39 is 38.4 Å². The van der Waals surface area contributed by atoms with Gasteiger partial charge in [0.25, 0.3) is 5.69 Å². The predicted molar refractivity (Wildman–Crippen MR) is 91.3 cm³/mol. The van der Waals surface area contributed by atoms with Gasteiger partial charge >= 0.3 is 12.1 Å². The van der Waals surface area contributed by atoms with E-state index in [4.69, 9.17) is 33.0 Å². The van der Waals surface area contributed by atoms with Crippen molar-refractivity contribution in [2.24, 2.45) is 0 Å². The summed E-state index contributed by atoms with van der Waals surface area (Å²) in [5.74, 6) is -1.66. The van der Waals surface area contributed by atoms with E-state index in [9.17, 15) is 28.1 Å². The summed E-state index contributed by atoms with van der Waals surface area (Å²) in [6.45, 7) is 0. The first-order chi connectivity index (χ1) is 12.5. The van der Waals surface area contributed by atoms with E-state index in [1.54, 1.807) is 0 Å². The van der Waals surface area contributed by atoms with Crippen molar-refractivity contribution >= 4 is 40.9 Å². The molecule has 0 aliphatic heterocycles. The minimum atomic E-state index is -4.66.